The fraction of sp³-hybridized carbons (Fsp3) is 0.214. The monoisotopic (exact) mass is 345 g/mol. The molecule has 0 fully saturated rings. The van der Waals surface area contributed by atoms with Gasteiger partial charge in [-0.2, -0.15) is 13.2 Å². The highest BCUT2D eigenvalue weighted by molar-refractivity contribution is 6.34. The quantitative estimate of drug-likeness (QED) is 0.925. The first kappa shape index (κ1) is 17.0. The normalized spacial score (nSPS) is 11.2. The molecule has 2 rings (SSSR count). The van der Waals surface area contributed by atoms with Crippen LogP contribution >= 0.6 is 11.6 Å². The zero-order valence-electron chi connectivity index (χ0n) is 11.8. The van der Waals surface area contributed by atoms with E-state index in [9.17, 15) is 18.0 Å². The lowest BCUT2D eigenvalue weighted by Gasteiger charge is -2.10. The first-order chi connectivity index (χ1) is 10.8. The predicted molar refractivity (Wildman–Crippen MR) is 77.4 cm³/mol. The number of nitrogens with zero attached hydrogens (tertiary/aromatic N) is 2. The van der Waals surface area contributed by atoms with Crippen molar-refractivity contribution in [3.63, 3.8) is 0 Å². The SMILES string of the molecule is COc1ccc(-c2ccc(C(=O)NCC(F)(F)F)c(Cl)c2)nn1. The third-order valence-electron chi connectivity index (χ3n) is 2.81. The minimum atomic E-state index is -4.49. The van der Waals surface area contributed by atoms with Gasteiger partial charge in [-0.15, -0.1) is 10.2 Å². The molecule has 1 amide bonds. The van der Waals surface area contributed by atoms with E-state index in [1.807, 2.05) is 0 Å². The summed E-state index contributed by atoms with van der Waals surface area (Å²) in [7, 11) is 1.45. The lowest BCUT2D eigenvalue weighted by molar-refractivity contribution is -0.123. The summed E-state index contributed by atoms with van der Waals surface area (Å²) in [4.78, 5) is 11.7. The van der Waals surface area contributed by atoms with Crippen molar-refractivity contribution in [3.8, 4) is 17.1 Å². The van der Waals surface area contributed by atoms with E-state index in [0.29, 0.717) is 17.1 Å². The van der Waals surface area contributed by atoms with Gasteiger partial charge in [0, 0.05) is 11.6 Å². The molecule has 0 bridgehead atoms. The Morgan fingerprint density at radius 1 is 1.26 bits per heavy atom. The van der Waals surface area contributed by atoms with Crippen LogP contribution in [0, 0.1) is 0 Å². The maximum absolute atomic E-state index is 12.1. The average molecular weight is 346 g/mol. The number of methoxy groups -OCH3 is 1. The Bertz CT molecular complexity index is 705. The fourth-order valence-electron chi connectivity index (χ4n) is 1.72. The van der Waals surface area contributed by atoms with Gasteiger partial charge in [-0.25, -0.2) is 0 Å². The molecule has 0 radical (unpaired) electrons. The Balaban J connectivity index is 2.18. The molecule has 2 aromatic rings. The van der Waals surface area contributed by atoms with Gasteiger partial charge in [0.25, 0.3) is 5.91 Å². The Morgan fingerprint density at radius 3 is 2.52 bits per heavy atom. The summed E-state index contributed by atoms with van der Waals surface area (Å²) in [6.45, 7) is -1.42. The summed E-state index contributed by atoms with van der Waals surface area (Å²) in [6, 6.07) is 7.52. The zero-order valence-corrected chi connectivity index (χ0v) is 12.6. The second-order valence-corrected chi connectivity index (χ2v) is 4.86. The van der Waals surface area contributed by atoms with Gasteiger partial charge in [0.2, 0.25) is 5.88 Å². The molecular formula is C14H11ClF3N3O2. The number of amides is 1. The summed E-state index contributed by atoms with van der Waals surface area (Å²) in [5.41, 5.74) is 0.994. The Morgan fingerprint density at radius 2 is 2.00 bits per heavy atom. The van der Waals surface area contributed by atoms with Crippen molar-refractivity contribution in [2.45, 2.75) is 6.18 Å². The second kappa shape index (κ2) is 6.82. The van der Waals surface area contributed by atoms with Crippen LogP contribution in [0.15, 0.2) is 30.3 Å². The van der Waals surface area contributed by atoms with Gasteiger partial charge in [0.15, 0.2) is 0 Å². The first-order valence-electron chi connectivity index (χ1n) is 6.33. The molecule has 0 saturated carbocycles. The highest BCUT2D eigenvalue weighted by atomic mass is 35.5. The Labute approximate surface area is 134 Å². The number of carbonyl (C=O) groups is 1. The van der Waals surface area contributed by atoms with E-state index in [2.05, 4.69) is 10.2 Å². The van der Waals surface area contributed by atoms with Crippen LogP contribution < -0.4 is 10.1 Å². The van der Waals surface area contributed by atoms with E-state index >= 15 is 0 Å². The summed E-state index contributed by atoms with van der Waals surface area (Å²) < 4.78 is 41.2. The number of rotatable bonds is 4. The standard InChI is InChI=1S/C14H11ClF3N3O2/c1-23-12-5-4-11(20-21-12)8-2-3-9(10(15)6-8)13(22)19-7-14(16,17)18/h2-6H,7H2,1H3,(H,19,22). The number of nitrogens with one attached hydrogen (secondary N) is 1. The van der Waals surface area contributed by atoms with Gasteiger partial charge in [0.1, 0.15) is 6.54 Å². The molecule has 1 aromatic heterocycles. The van der Waals surface area contributed by atoms with Crippen LogP contribution in [-0.2, 0) is 0 Å². The fourth-order valence-corrected chi connectivity index (χ4v) is 1.98. The molecule has 0 unspecified atom stereocenters. The van der Waals surface area contributed by atoms with Crippen molar-refractivity contribution in [2.24, 2.45) is 0 Å². The van der Waals surface area contributed by atoms with Crippen LogP contribution in [0.5, 0.6) is 5.88 Å². The van der Waals surface area contributed by atoms with Crippen molar-refractivity contribution in [3.05, 3.63) is 40.9 Å². The molecule has 0 aliphatic rings. The van der Waals surface area contributed by atoms with E-state index in [1.165, 1.54) is 25.3 Å². The predicted octanol–water partition coefficient (Wildman–Crippen LogP) is 3.10. The summed E-state index contributed by atoms with van der Waals surface area (Å²) in [5.74, 6) is -0.567. The number of aromatic nitrogens is 2. The molecule has 5 nitrogen and oxygen atoms in total. The minimum Gasteiger partial charge on any atom is -0.480 e. The molecular weight excluding hydrogens is 335 g/mol. The number of ether oxygens (including phenoxy) is 1. The summed E-state index contributed by atoms with van der Waals surface area (Å²) in [5, 5.41) is 9.49. The van der Waals surface area contributed by atoms with Crippen LogP contribution in [0.3, 0.4) is 0 Å². The summed E-state index contributed by atoms with van der Waals surface area (Å²) >= 11 is 5.97. The zero-order chi connectivity index (χ0) is 17.0. The Kier molecular flexibility index (Phi) is 5.05. The summed E-state index contributed by atoms with van der Waals surface area (Å²) in [6.07, 6.45) is -4.49. The molecule has 1 heterocycles. The Hall–Kier alpha value is -2.35. The number of hydrogen-bond donors (Lipinski definition) is 1. The number of alkyl halides is 3. The van der Waals surface area contributed by atoms with Gasteiger partial charge >= 0.3 is 6.18 Å². The molecule has 9 heteroatoms. The molecule has 0 atom stereocenters. The number of benzene rings is 1. The molecule has 122 valence electrons. The first-order valence-corrected chi connectivity index (χ1v) is 6.70. The highest BCUT2D eigenvalue weighted by Gasteiger charge is 2.28. The lowest BCUT2D eigenvalue weighted by atomic mass is 10.1. The van der Waals surface area contributed by atoms with E-state index in [-0.39, 0.29) is 10.6 Å². The number of halogens is 4. The van der Waals surface area contributed by atoms with Gasteiger partial charge in [0.05, 0.1) is 23.4 Å². The van der Waals surface area contributed by atoms with Crippen LogP contribution in [0.4, 0.5) is 13.2 Å². The highest BCUT2D eigenvalue weighted by Crippen LogP contribution is 2.25. The molecule has 0 aliphatic heterocycles. The van der Waals surface area contributed by atoms with Gasteiger partial charge < -0.3 is 10.1 Å². The van der Waals surface area contributed by atoms with E-state index in [4.69, 9.17) is 16.3 Å². The van der Waals surface area contributed by atoms with Gasteiger partial charge in [-0.3, -0.25) is 4.79 Å². The molecule has 1 aromatic carbocycles. The smallest absolute Gasteiger partial charge is 0.405 e. The van der Waals surface area contributed by atoms with Crippen molar-refractivity contribution in [1.82, 2.24) is 15.5 Å². The van der Waals surface area contributed by atoms with Crippen LogP contribution in [-0.4, -0.2) is 35.9 Å². The van der Waals surface area contributed by atoms with Crippen molar-refractivity contribution < 1.29 is 22.7 Å². The maximum Gasteiger partial charge on any atom is 0.405 e. The number of hydrogen-bond acceptors (Lipinski definition) is 4. The third-order valence-corrected chi connectivity index (χ3v) is 3.12. The number of carbonyl (C=O) groups excluding carboxylic acids is 1. The minimum absolute atomic E-state index is 0.0137. The van der Waals surface area contributed by atoms with Crippen LogP contribution in [0.25, 0.3) is 11.3 Å². The second-order valence-electron chi connectivity index (χ2n) is 4.45. The lowest BCUT2D eigenvalue weighted by Crippen LogP contribution is -2.33. The van der Waals surface area contributed by atoms with E-state index in [0.717, 1.165) is 0 Å². The van der Waals surface area contributed by atoms with E-state index < -0.39 is 18.6 Å². The molecule has 23 heavy (non-hydrogen) atoms. The maximum atomic E-state index is 12.1. The van der Waals surface area contributed by atoms with Crippen molar-refractivity contribution in [1.29, 1.82) is 0 Å². The van der Waals surface area contributed by atoms with Crippen LogP contribution in [0.2, 0.25) is 5.02 Å². The topological polar surface area (TPSA) is 64.1 Å². The average Bonchev–Trinajstić information content (AvgIpc) is 2.52. The molecule has 0 spiro atoms. The molecule has 1 N–H and O–H groups in total. The van der Waals surface area contributed by atoms with Crippen LogP contribution in [0.1, 0.15) is 10.4 Å². The molecule has 0 aliphatic carbocycles. The van der Waals surface area contributed by atoms with Gasteiger partial charge in [-0.1, -0.05) is 17.7 Å². The largest absolute Gasteiger partial charge is 0.480 e. The third kappa shape index (κ3) is 4.56. The van der Waals surface area contributed by atoms with Crippen molar-refractivity contribution >= 4 is 17.5 Å². The van der Waals surface area contributed by atoms with E-state index in [1.54, 1.807) is 17.4 Å². The van der Waals surface area contributed by atoms with Crippen molar-refractivity contribution in [2.75, 3.05) is 13.7 Å². The van der Waals surface area contributed by atoms with Gasteiger partial charge in [-0.05, 0) is 18.2 Å². The molecule has 0 saturated heterocycles.